The van der Waals surface area contributed by atoms with Gasteiger partial charge in [-0.2, -0.15) is 0 Å². The second-order valence-corrected chi connectivity index (χ2v) is 6.46. The first kappa shape index (κ1) is 16.9. The van der Waals surface area contributed by atoms with Crippen LogP contribution in [0.4, 0.5) is 10.2 Å². The third-order valence-corrected chi connectivity index (χ3v) is 4.66. The van der Waals surface area contributed by atoms with Crippen LogP contribution in [-0.4, -0.2) is 21.4 Å². The van der Waals surface area contributed by atoms with Crippen LogP contribution in [0, 0.1) is 5.82 Å². The third kappa shape index (κ3) is 2.52. The van der Waals surface area contributed by atoms with Crippen LogP contribution in [0.5, 0.6) is 0 Å². The summed E-state index contributed by atoms with van der Waals surface area (Å²) in [5, 5.41) is 2.12. The molecule has 0 spiro atoms. The minimum atomic E-state index is -0.662. The molecule has 4 aromatic rings. The van der Waals surface area contributed by atoms with E-state index >= 15 is 0 Å². The molecule has 0 saturated carbocycles. The van der Waals surface area contributed by atoms with Gasteiger partial charge in [0.15, 0.2) is 5.58 Å². The number of anilines is 1. The summed E-state index contributed by atoms with van der Waals surface area (Å²) in [6.45, 7) is 0. The maximum absolute atomic E-state index is 13.5. The minimum absolute atomic E-state index is 0.0484. The summed E-state index contributed by atoms with van der Waals surface area (Å²) < 4.78 is 20.3. The average Bonchev–Trinajstić information content (AvgIpc) is 3.22. The molecule has 0 saturated heterocycles. The van der Waals surface area contributed by atoms with Gasteiger partial charge in [-0.1, -0.05) is 6.07 Å². The molecule has 1 aliphatic heterocycles. The van der Waals surface area contributed by atoms with Gasteiger partial charge in [-0.05, 0) is 30.3 Å². The van der Waals surface area contributed by atoms with E-state index in [-0.39, 0.29) is 22.8 Å². The molecule has 1 aliphatic rings. The zero-order valence-electron chi connectivity index (χ0n) is 14.6. The summed E-state index contributed by atoms with van der Waals surface area (Å²) in [6, 6.07) is 11.6. The fourth-order valence-corrected chi connectivity index (χ4v) is 3.34. The van der Waals surface area contributed by atoms with E-state index in [1.807, 2.05) is 0 Å². The maximum Gasteiger partial charge on any atom is 0.262 e. The number of hydrogen-bond donors (Lipinski definition) is 2. The highest BCUT2D eigenvalue weighted by atomic mass is 19.1. The van der Waals surface area contributed by atoms with Gasteiger partial charge in [0.1, 0.15) is 17.2 Å². The van der Waals surface area contributed by atoms with Gasteiger partial charge in [-0.15, -0.1) is 0 Å². The molecule has 5 rings (SSSR count). The van der Waals surface area contributed by atoms with E-state index in [2.05, 4.69) is 10.3 Å². The standard InChI is InChI=1S/C20H11FN4O4/c21-10-3-1-2-9(6-10)20-23-13-5-4-11(7-14(13)29-20)25-15(26)8-12-16(17(25)22)19(28)24-18(12)27/h1-8H,22H2,(H,24,27,28). The molecule has 0 fully saturated rings. The molecule has 0 radical (unpaired) electrons. The maximum atomic E-state index is 13.5. The van der Waals surface area contributed by atoms with Crippen molar-refractivity contribution in [1.29, 1.82) is 0 Å². The lowest BCUT2D eigenvalue weighted by Crippen LogP contribution is -2.24. The first-order chi connectivity index (χ1) is 13.9. The van der Waals surface area contributed by atoms with Crippen LogP contribution in [0.25, 0.3) is 28.2 Å². The van der Waals surface area contributed by atoms with E-state index in [1.165, 1.54) is 18.2 Å². The molecule has 2 aromatic heterocycles. The van der Waals surface area contributed by atoms with Gasteiger partial charge in [0, 0.05) is 17.7 Å². The van der Waals surface area contributed by atoms with Gasteiger partial charge in [-0.3, -0.25) is 24.3 Å². The number of carbonyl (C=O) groups excluding carboxylic acids is 2. The molecule has 2 amide bonds. The van der Waals surface area contributed by atoms with E-state index in [1.54, 1.807) is 24.3 Å². The lowest BCUT2D eigenvalue weighted by Gasteiger charge is -2.11. The average molecular weight is 390 g/mol. The number of imide groups is 1. The van der Waals surface area contributed by atoms with Crippen molar-refractivity contribution in [1.82, 2.24) is 14.9 Å². The Balaban J connectivity index is 1.67. The van der Waals surface area contributed by atoms with Crippen molar-refractivity contribution in [3.8, 4) is 17.1 Å². The van der Waals surface area contributed by atoms with Crippen LogP contribution in [0.3, 0.4) is 0 Å². The lowest BCUT2D eigenvalue weighted by molar-refractivity contribution is 0.0880. The van der Waals surface area contributed by atoms with Crippen molar-refractivity contribution >= 4 is 28.7 Å². The summed E-state index contributed by atoms with van der Waals surface area (Å²) in [6.07, 6.45) is 0. The number of pyridine rings is 1. The van der Waals surface area contributed by atoms with E-state index < -0.39 is 23.2 Å². The molecule has 2 aromatic carbocycles. The number of benzene rings is 2. The number of nitrogen functional groups attached to an aromatic ring is 1. The highest BCUT2D eigenvalue weighted by Crippen LogP contribution is 2.28. The third-order valence-electron chi connectivity index (χ3n) is 4.66. The van der Waals surface area contributed by atoms with Crippen molar-refractivity contribution < 1.29 is 18.4 Å². The van der Waals surface area contributed by atoms with Crippen LogP contribution < -0.4 is 16.6 Å². The fourth-order valence-electron chi connectivity index (χ4n) is 3.34. The van der Waals surface area contributed by atoms with Gasteiger partial charge < -0.3 is 10.2 Å². The number of hydrogen-bond acceptors (Lipinski definition) is 6. The van der Waals surface area contributed by atoms with Gasteiger partial charge >= 0.3 is 0 Å². The molecule has 9 heteroatoms. The Hall–Kier alpha value is -4.27. The molecule has 0 unspecified atom stereocenters. The summed E-state index contributed by atoms with van der Waals surface area (Å²) in [5.74, 6) is -1.68. The van der Waals surface area contributed by atoms with E-state index in [0.29, 0.717) is 22.4 Å². The predicted molar refractivity (Wildman–Crippen MR) is 101 cm³/mol. The number of halogens is 1. The van der Waals surface area contributed by atoms with Crippen molar-refractivity contribution in [3.63, 3.8) is 0 Å². The Labute approximate surface area is 161 Å². The van der Waals surface area contributed by atoms with Gasteiger partial charge in [0.25, 0.3) is 17.4 Å². The van der Waals surface area contributed by atoms with Crippen LogP contribution in [-0.2, 0) is 0 Å². The quantitative estimate of drug-likeness (QED) is 0.507. The van der Waals surface area contributed by atoms with Crippen LogP contribution in [0.1, 0.15) is 20.7 Å². The number of oxazole rings is 1. The number of amides is 2. The van der Waals surface area contributed by atoms with Crippen molar-refractivity contribution in [2.24, 2.45) is 0 Å². The second-order valence-electron chi connectivity index (χ2n) is 6.46. The molecule has 3 N–H and O–H groups in total. The lowest BCUT2D eigenvalue weighted by atomic mass is 10.1. The first-order valence-corrected chi connectivity index (χ1v) is 8.50. The van der Waals surface area contributed by atoms with Gasteiger partial charge in [-0.25, -0.2) is 9.37 Å². The topological polar surface area (TPSA) is 120 Å². The zero-order valence-corrected chi connectivity index (χ0v) is 14.6. The number of rotatable bonds is 2. The number of nitrogens with two attached hydrogens (primary N) is 1. The predicted octanol–water partition coefficient (Wildman–Crippen LogP) is 2.25. The van der Waals surface area contributed by atoms with Crippen molar-refractivity contribution in [3.05, 3.63) is 75.8 Å². The monoisotopic (exact) mass is 390 g/mol. The van der Waals surface area contributed by atoms with Crippen LogP contribution in [0.15, 0.2) is 57.7 Å². The summed E-state index contributed by atoms with van der Waals surface area (Å²) in [4.78, 5) is 40.7. The molecule has 0 aliphatic carbocycles. The summed E-state index contributed by atoms with van der Waals surface area (Å²) >= 11 is 0. The molecule has 0 atom stereocenters. The Kier molecular flexibility index (Phi) is 3.41. The number of fused-ring (bicyclic) bond motifs is 2. The molecular weight excluding hydrogens is 379 g/mol. The molecule has 3 heterocycles. The Morgan fingerprint density at radius 1 is 1.03 bits per heavy atom. The Bertz CT molecular complexity index is 1420. The number of carbonyl (C=O) groups is 2. The number of nitrogens with one attached hydrogen (secondary N) is 1. The van der Waals surface area contributed by atoms with Gasteiger partial charge in [0.05, 0.1) is 16.8 Å². The van der Waals surface area contributed by atoms with E-state index in [4.69, 9.17) is 10.2 Å². The molecule has 142 valence electrons. The minimum Gasteiger partial charge on any atom is -0.436 e. The highest BCUT2D eigenvalue weighted by Gasteiger charge is 2.31. The number of aromatic nitrogens is 2. The van der Waals surface area contributed by atoms with Crippen LogP contribution in [0.2, 0.25) is 0 Å². The van der Waals surface area contributed by atoms with Gasteiger partial charge in [0.2, 0.25) is 5.89 Å². The molecule has 8 nitrogen and oxygen atoms in total. The second kappa shape index (κ2) is 5.86. The number of nitrogens with zero attached hydrogens (tertiary/aromatic N) is 2. The highest BCUT2D eigenvalue weighted by molar-refractivity contribution is 6.23. The smallest absolute Gasteiger partial charge is 0.262 e. The Morgan fingerprint density at radius 2 is 1.86 bits per heavy atom. The SMILES string of the molecule is Nc1c2c(cc(=O)n1-c1ccc3nc(-c4cccc(F)c4)oc3c1)C(=O)NC2=O. The van der Waals surface area contributed by atoms with Crippen LogP contribution >= 0.6 is 0 Å². The molecular formula is C20H11FN4O4. The Morgan fingerprint density at radius 3 is 2.66 bits per heavy atom. The van der Waals surface area contributed by atoms with E-state index in [0.717, 1.165) is 10.6 Å². The molecule has 29 heavy (non-hydrogen) atoms. The van der Waals surface area contributed by atoms with E-state index in [9.17, 15) is 18.8 Å². The van der Waals surface area contributed by atoms with Crippen molar-refractivity contribution in [2.75, 3.05) is 5.73 Å². The fraction of sp³-hybridized carbons (Fsp3) is 0. The first-order valence-electron chi connectivity index (χ1n) is 8.50. The summed E-state index contributed by atoms with van der Waals surface area (Å²) in [7, 11) is 0. The van der Waals surface area contributed by atoms with Crippen molar-refractivity contribution in [2.45, 2.75) is 0 Å². The molecule has 0 bridgehead atoms. The summed E-state index contributed by atoms with van der Waals surface area (Å²) in [5.41, 5.74) is 7.00. The normalized spacial score (nSPS) is 13.0. The zero-order chi connectivity index (χ0) is 20.3. The largest absolute Gasteiger partial charge is 0.436 e.